The lowest BCUT2D eigenvalue weighted by atomic mass is 9.94. The molecule has 0 aliphatic carbocycles. The van der Waals surface area contributed by atoms with E-state index in [0.29, 0.717) is 37.9 Å². The van der Waals surface area contributed by atoms with Gasteiger partial charge < -0.3 is 14.4 Å². The van der Waals surface area contributed by atoms with Gasteiger partial charge in [0.05, 0.1) is 0 Å². The van der Waals surface area contributed by atoms with Gasteiger partial charge in [0.25, 0.3) is 0 Å². The van der Waals surface area contributed by atoms with E-state index in [1.54, 1.807) is 0 Å². The Balaban J connectivity index is 4.23. The maximum Gasteiger partial charge on any atom is 0.306 e. The van der Waals surface area contributed by atoms with E-state index in [2.05, 4.69) is 71.0 Å². The van der Waals surface area contributed by atoms with Gasteiger partial charge in [0.15, 0.2) is 0 Å². The molecule has 0 atom stereocenters. The highest BCUT2D eigenvalue weighted by molar-refractivity contribution is 7.57. The van der Waals surface area contributed by atoms with Crippen LogP contribution >= 0.6 is 7.92 Å². The third-order valence-electron chi connectivity index (χ3n) is 11.3. The third kappa shape index (κ3) is 39.6. The van der Waals surface area contributed by atoms with Gasteiger partial charge in [-0.1, -0.05) is 168 Å². The number of nitrogens with zero attached hydrogens (tertiary/aromatic N) is 1. The fourth-order valence-corrected chi connectivity index (χ4v) is 10.3. The standard InChI is InChI=1S/C50H96NO4P/c1-7-11-21-33-47(34-22-12-8-2)37-31-42-54-49(52)39-25-17-15-19-28-44-56(46-30-27-41-51(5)6)45-29-20-16-18-26-40-50(53)55-43-32-38-48(35-23-13-9-3)36-24-14-10-4/h31-32,37-38,47-48H,7-30,33-36,39-46H2,1-6H3/b37-31-,38-32-. The topological polar surface area (TPSA) is 55.8 Å². The average Bonchev–Trinajstić information content (AvgIpc) is 3.18. The van der Waals surface area contributed by atoms with E-state index in [1.807, 2.05) is 0 Å². The Morgan fingerprint density at radius 3 is 1.16 bits per heavy atom. The molecule has 0 bridgehead atoms. The van der Waals surface area contributed by atoms with Gasteiger partial charge in [-0.05, 0) is 115 Å². The highest BCUT2D eigenvalue weighted by Gasteiger charge is 2.10. The molecule has 0 unspecified atom stereocenters. The van der Waals surface area contributed by atoms with Gasteiger partial charge >= 0.3 is 11.9 Å². The zero-order valence-electron chi connectivity index (χ0n) is 38.4. The van der Waals surface area contributed by atoms with Crippen LogP contribution in [0.1, 0.15) is 220 Å². The Bertz CT molecular complexity index is 821. The van der Waals surface area contributed by atoms with Crippen molar-refractivity contribution >= 4 is 19.9 Å². The van der Waals surface area contributed by atoms with Gasteiger partial charge in [-0.15, -0.1) is 7.92 Å². The lowest BCUT2D eigenvalue weighted by Gasteiger charge is -2.18. The number of allylic oxidation sites excluding steroid dienone is 2. The quantitative estimate of drug-likeness (QED) is 0.0266. The molecule has 0 amide bonds. The Hall–Kier alpha value is -1.19. The highest BCUT2D eigenvalue weighted by atomic mass is 31.1. The maximum absolute atomic E-state index is 12.3. The van der Waals surface area contributed by atoms with Crippen molar-refractivity contribution < 1.29 is 19.1 Å². The van der Waals surface area contributed by atoms with Gasteiger partial charge in [0, 0.05) is 12.8 Å². The smallest absolute Gasteiger partial charge is 0.306 e. The molecule has 0 spiro atoms. The Kier molecular flexibility index (Phi) is 42.5. The summed E-state index contributed by atoms with van der Waals surface area (Å²) in [5.74, 6) is 1.20. The molecule has 0 aliphatic heterocycles. The van der Waals surface area contributed by atoms with Gasteiger partial charge in [0.2, 0.25) is 0 Å². The molecule has 0 heterocycles. The summed E-state index contributed by atoms with van der Waals surface area (Å²) < 4.78 is 11.1. The lowest BCUT2D eigenvalue weighted by Crippen LogP contribution is -2.13. The number of hydrogen-bond acceptors (Lipinski definition) is 5. The van der Waals surface area contributed by atoms with Gasteiger partial charge in [-0.3, -0.25) is 9.59 Å². The van der Waals surface area contributed by atoms with Gasteiger partial charge in [-0.25, -0.2) is 0 Å². The minimum atomic E-state index is -0.0355. The molecule has 0 aromatic heterocycles. The van der Waals surface area contributed by atoms with E-state index in [1.165, 1.54) is 179 Å². The van der Waals surface area contributed by atoms with Crippen LogP contribution in [0.3, 0.4) is 0 Å². The summed E-state index contributed by atoms with van der Waals surface area (Å²) in [7, 11) is 4.47. The first kappa shape index (κ1) is 54.8. The van der Waals surface area contributed by atoms with E-state index in [9.17, 15) is 9.59 Å². The monoisotopic (exact) mass is 806 g/mol. The fourth-order valence-electron chi connectivity index (χ4n) is 7.59. The number of rotatable bonds is 43. The largest absolute Gasteiger partial charge is 0.461 e. The molecule has 0 saturated heterocycles. The fraction of sp³-hybridized carbons (Fsp3) is 0.880. The summed E-state index contributed by atoms with van der Waals surface area (Å²) >= 11 is 0. The molecule has 5 nitrogen and oxygen atoms in total. The van der Waals surface area contributed by atoms with Crippen molar-refractivity contribution in [2.75, 3.05) is 52.3 Å². The summed E-state index contributed by atoms with van der Waals surface area (Å²) in [6.07, 6.45) is 49.3. The molecule has 0 N–H and O–H groups in total. The Morgan fingerprint density at radius 2 is 0.804 bits per heavy atom. The summed E-state index contributed by atoms with van der Waals surface area (Å²) in [5.41, 5.74) is 0. The van der Waals surface area contributed by atoms with Crippen LogP contribution in [0.15, 0.2) is 24.3 Å². The van der Waals surface area contributed by atoms with Crippen LogP contribution in [0, 0.1) is 11.8 Å². The predicted octanol–water partition coefficient (Wildman–Crippen LogP) is 15.2. The van der Waals surface area contributed by atoms with Crippen LogP contribution in [-0.4, -0.2) is 69.2 Å². The Labute approximate surface area is 351 Å². The van der Waals surface area contributed by atoms with Gasteiger partial charge in [0.1, 0.15) is 13.2 Å². The Morgan fingerprint density at radius 1 is 0.464 bits per heavy atom. The van der Waals surface area contributed by atoms with Crippen LogP contribution < -0.4 is 0 Å². The van der Waals surface area contributed by atoms with Crippen LogP contribution in [-0.2, 0) is 19.1 Å². The SMILES string of the molecule is CCCCCC(/C=C\COC(=O)CCCCCCCP(CCCCCCCC(=O)OC/C=C\C(CCCCC)CCCCC)CCCCN(C)C)CCCCC. The zero-order chi connectivity index (χ0) is 41.2. The van der Waals surface area contributed by atoms with Crippen molar-refractivity contribution in [3.05, 3.63) is 24.3 Å². The van der Waals surface area contributed by atoms with Crippen molar-refractivity contribution in [2.24, 2.45) is 11.8 Å². The number of esters is 2. The molecule has 0 aromatic carbocycles. The number of unbranched alkanes of at least 4 members (excludes halogenated alkanes) is 17. The van der Waals surface area contributed by atoms with Gasteiger partial charge in [-0.2, -0.15) is 0 Å². The molecule has 56 heavy (non-hydrogen) atoms. The van der Waals surface area contributed by atoms with Crippen LogP contribution in [0.5, 0.6) is 0 Å². The second-order valence-corrected chi connectivity index (χ2v) is 19.8. The first-order valence-electron chi connectivity index (χ1n) is 24.4. The summed E-state index contributed by atoms with van der Waals surface area (Å²) in [4.78, 5) is 26.9. The summed E-state index contributed by atoms with van der Waals surface area (Å²) in [5, 5.41) is 0. The highest BCUT2D eigenvalue weighted by Crippen LogP contribution is 2.39. The number of carbonyl (C=O) groups excluding carboxylic acids is 2. The van der Waals surface area contributed by atoms with Crippen molar-refractivity contribution in [3.63, 3.8) is 0 Å². The van der Waals surface area contributed by atoms with Crippen molar-refractivity contribution in [1.82, 2.24) is 4.90 Å². The third-order valence-corrected chi connectivity index (χ3v) is 14.1. The van der Waals surface area contributed by atoms with Crippen LogP contribution in [0.2, 0.25) is 0 Å². The minimum Gasteiger partial charge on any atom is -0.461 e. The number of hydrogen-bond donors (Lipinski definition) is 0. The molecular formula is C50H96NO4P. The number of ether oxygens (including phenoxy) is 2. The van der Waals surface area contributed by atoms with E-state index >= 15 is 0 Å². The maximum atomic E-state index is 12.3. The normalized spacial score (nSPS) is 12.1. The molecule has 330 valence electrons. The van der Waals surface area contributed by atoms with E-state index in [0.717, 1.165) is 25.7 Å². The van der Waals surface area contributed by atoms with E-state index in [-0.39, 0.29) is 19.9 Å². The first-order chi connectivity index (χ1) is 27.4. The summed E-state index contributed by atoms with van der Waals surface area (Å²) in [6, 6.07) is 0. The first-order valence-corrected chi connectivity index (χ1v) is 26.3. The summed E-state index contributed by atoms with van der Waals surface area (Å²) in [6.45, 7) is 11.1. The average molecular weight is 806 g/mol. The zero-order valence-corrected chi connectivity index (χ0v) is 39.3. The lowest BCUT2D eigenvalue weighted by molar-refractivity contribution is -0.143. The molecule has 0 saturated carbocycles. The second-order valence-electron chi connectivity index (χ2n) is 17.1. The molecule has 0 rings (SSSR count). The molecule has 0 aliphatic rings. The molecule has 6 heteroatoms. The molecular weight excluding hydrogens is 710 g/mol. The van der Waals surface area contributed by atoms with Crippen molar-refractivity contribution in [1.29, 1.82) is 0 Å². The van der Waals surface area contributed by atoms with E-state index in [4.69, 9.17) is 9.47 Å². The van der Waals surface area contributed by atoms with Crippen molar-refractivity contribution in [3.8, 4) is 0 Å². The van der Waals surface area contributed by atoms with Crippen LogP contribution in [0.4, 0.5) is 0 Å². The predicted molar refractivity (Wildman–Crippen MR) is 248 cm³/mol. The molecule has 0 radical (unpaired) electrons. The molecule has 0 fully saturated rings. The minimum absolute atomic E-state index is 0.0355. The van der Waals surface area contributed by atoms with Crippen LogP contribution in [0.25, 0.3) is 0 Å². The van der Waals surface area contributed by atoms with E-state index < -0.39 is 0 Å². The molecule has 0 aromatic rings. The number of carbonyl (C=O) groups is 2. The van der Waals surface area contributed by atoms with Crippen molar-refractivity contribution in [2.45, 2.75) is 220 Å². The second kappa shape index (κ2) is 43.4.